The van der Waals surface area contributed by atoms with Gasteiger partial charge >= 0.3 is 5.97 Å². The van der Waals surface area contributed by atoms with Gasteiger partial charge in [-0.15, -0.1) is 0 Å². The summed E-state index contributed by atoms with van der Waals surface area (Å²) in [5, 5.41) is 11.2. The average Bonchev–Trinajstić information content (AvgIpc) is 3.46. The fourth-order valence-electron chi connectivity index (χ4n) is 4.91. The molecule has 5 heterocycles. The summed E-state index contributed by atoms with van der Waals surface area (Å²) in [7, 11) is 0. The summed E-state index contributed by atoms with van der Waals surface area (Å²) in [4.78, 5) is 30.0. The first kappa shape index (κ1) is 22.2. The number of hydrogen-bond acceptors (Lipinski definition) is 8. The molecule has 1 atom stereocenters. The van der Waals surface area contributed by atoms with Gasteiger partial charge in [-0.1, -0.05) is 27.2 Å². The van der Waals surface area contributed by atoms with Crippen molar-refractivity contribution in [3.05, 3.63) is 44.7 Å². The summed E-state index contributed by atoms with van der Waals surface area (Å²) >= 11 is 0. The molecule has 3 aromatic rings. The highest BCUT2D eigenvalue weighted by Gasteiger charge is 2.35. The molecule has 3 aliphatic heterocycles. The van der Waals surface area contributed by atoms with E-state index < -0.39 is 12.1 Å². The van der Waals surface area contributed by atoms with E-state index in [1.807, 2.05) is 19.9 Å². The van der Waals surface area contributed by atoms with Crippen LogP contribution >= 0.6 is 0 Å². The molecule has 9 nitrogen and oxygen atoms in total. The van der Waals surface area contributed by atoms with Crippen molar-refractivity contribution in [2.75, 3.05) is 12.5 Å². The van der Waals surface area contributed by atoms with Gasteiger partial charge in [0.25, 0.3) is 5.56 Å². The molecule has 9 heteroatoms. The number of nitrogens with zero attached hydrogens (tertiary/aromatic N) is 2. The highest BCUT2D eigenvalue weighted by atomic mass is 16.7. The van der Waals surface area contributed by atoms with Gasteiger partial charge in [0.15, 0.2) is 17.6 Å². The molecule has 1 unspecified atom stereocenters. The van der Waals surface area contributed by atoms with E-state index in [4.69, 9.17) is 24.9 Å². The number of ether oxygens (including phenoxy) is 3. The second-order valence-corrected chi connectivity index (χ2v) is 8.30. The molecular formula is C25H27N3O6. The minimum absolute atomic E-state index is 0.109. The van der Waals surface area contributed by atoms with Crippen LogP contribution in [0, 0.1) is 0 Å². The van der Waals surface area contributed by atoms with Crippen LogP contribution in [0.15, 0.2) is 16.9 Å². The third-order valence-corrected chi connectivity index (χ3v) is 6.51. The van der Waals surface area contributed by atoms with E-state index in [9.17, 15) is 14.7 Å². The minimum Gasteiger partial charge on any atom is -0.458 e. The third-order valence-electron chi connectivity index (χ3n) is 6.51. The molecule has 0 saturated heterocycles. The van der Waals surface area contributed by atoms with Crippen LogP contribution in [-0.2, 0) is 29.1 Å². The van der Waals surface area contributed by atoms with Crippen LogP contribution in [0.1, 0.15) is 62.0 Å². The number of esters is 1. The number of unbranched alkanes of at least 4 members (excludes halogenated alkanes) is 1. The Balaban J connectivity index is 0.00000117. The zero-order valence-electron chi connectivity index (χ0n) is 19.4. The van der Waals surface area contributed by atoms with Crippen LogP contribution in [0.2, 0.25) is 0 Å². The zero-order chi connectivity index (χ0) is 24.1. The fraction of sp³-hybridized carbons (Fsp3) is 0.400. The molecule has 0 bridgehead atoms. The summed E-state index contributed by atoms with van der Waals surface area (Å²) in [5.74, 6) is 0.317. The normalized spacial score (nSPS) is 16.9. The predicted molar refractivity (Wildman–Crippen MR) is 126 cm³/mol. The van der Waals surface area contributed by atoms with Crippen LogP contribution in [0.25, 0.3) is 22.3 Å². The Morgan fingerprint density at radius 3 is 2.74 bits per heavy atom. The van der Waals surface area contributed by atoms with Gasteiger partial charge < -0.3 is 29.6 Å². The number of benzene rings is 1. The second-order valence-electron chi connectivity index (χ2n) is 8.30. The Bertz CT molecular complexity index is 1390. The number of fused-ring (bicyclic) bond motifs is 6. The number of hydrogen-bond donors (Lipinski definition) is 2. The Kier molecular flexibility index (Phi) is 5.44. The van der Waals surface area contributed by atoms with Gasteiger partial charge in [0.2, 0.25) is 6.79 Å². The zero-order valence-corrected chi connectivity index (χ0v) is 19.4. The molecular weight excluding hydrogens is 438 g/mol. The smallest absolute Gasteiger partial charge is 0.340 e. The van der Waals surface area contributed by atoms with Gasteiger partial charge in [0.05, 0.1) is 34.7 Å². The Hall–Kier alpha value is -3.59. The van der Waals surface area contributed by atoms with E-state index in [0.717, 1.165) is 35.8 Å². The molecule has 3 aliphatic rings. The lowest BCUT2D eigenvalue weighted by molar-refractivity contribution is -0.157. The lowest BCUT2D eigenvalue weighted by atomic mass is 9.94. The van der Waals surface area contributed by atoms with E-state index in [1.165, 1.54) is 0 Å². The van der Waals surface area contributed by atoms with Gasteiger partial charge in [-0.2, -0.15) is 0 Å². The van der Waals surface area contributed by atoms with Crippen molar-refractivity contribution in [1.29, 1.82) is 0 Å². The van der Waals surface area contributed by atoms with E-state index in [0.29, 0.717) is 46.2 Å². The topological polar surface area (TPSA) is 126 Å². The lowest BCUT2D eigenvalue weighted by Gasteiger charge is -2.21. The van der Waals surface area contributed by atoms with Gasteiger partial charge in [-0.05, 0) is 24.5 Å². The SMILES string of the molecule is CC.CCCCc1c2c(nc3cc4c(c(N)c13)OCO4)-c1cc3c(c(=O)n1C2)COC(=O)C3O. The summed E-state index contributed by atoms with van der Waals surface area (Å²) < 4.78 is 17.7. The third kappa shape index (κ3) is 3.07. The van der Waals surface area contributed by atoms with Crippen LogP contribution in [0.3, 0.4) is 0 Å². The van der Waals surface area contributed by atoms with E-state index in [2.05, 4.69) is 6.92 Å². The first-order valence-corrected chi connectivity index (χ1v) is 11.6. The number of rotatable bonds is 3. The van der Waals surface area contributed by atoms with Crippen molar-refractivity contribution in [2.45, 2.75) is 59.3 Å². The predicted octanol–water partition coefficient (Wildman–Crippen LogP) is 3.20. The van der Waals surface area contributed by atoms with Crippen molar-refractivity contribution in [3.63, 3.8) is 0 Å². The number of anilines is 1. The number of aryl methyl sites for hydroxylation is 1. The number of aliphatic hydroxyl groups is 1. The monoisotopic (exact) mass is 465 g/mol. The number of pyridine rings is 2. The maximum absolute atomic E-state index is 13.2. The first-order chi connectivity index (χ1) is 16.5. The molecule has 0 aliphatic carbocycles. The van der Waals surface area contributed by atoms with Crippen molar-refractivity contribution < 1.29 is 24.1 Å². The van der Waals surface area contributed by atoms with E-state index >= 15 is 0 Å². The number of cyclic esters (lactones) is 1. The maximum Gasteiger partial charge on any atom is 0.340 e. The molecule has 2 aromatic heterocycles. The van der Waals surface area contributed by atoms with Gasteiger partial charge in [-0.3, -0.25) is 4.79 Å². The molecule has 3 N–H and O–H groups in total. The molecule has 0 fully saturated rings. The Morgan fingerprint density at radius 1 is 1.18 bits per heavy atom. The van der Waals surface area contributed by atoms with Gasteiger partial charge in [0, 0.05) is 22.6 Å². The number of nitrogens with two attached hydrogens (primary N) is 1. The highest BCUT2D eigenvalue weighted by molar-refractivity contribution is 6.01. The van der Waals surface area contributed by atoms with E-state index in [1.54, 1.807) is 10.6 Å². The van der Waals surface area contributed by atoms with Crippen molar-refractivity contribution in [1.82, 2.24) is 9.55 Å². The Labute approximate surface area is 196 Å². The van der Waals surface area contributed by atoms with Crippen LogP contribution < -0.4 is 20.8 Å². The molecule has 1 aromatic carbocycles. The largest absolute Gasteiger partial charge is 0.458 e. The maximum atomic E-state index is 13.2. The van der Waals surface area contributed by atoms with Crippen molar-refractivity contribution >= 4 is 22.6 Å². The molecule has 0 spiro atoms. The second kappa shape index (κ2) is 8.32. The van der Waals surface area contributed by atoms with Crippen molar-refractivity contribution in [2.24, 2.45) is 0 Å². The minimum atomic E-state index is -1.48. The Morgan fingerprint density at radius 2 is 1.97 bits per heavy atom. The molecule has 0 radical (unpaired) electrons. The highest BCUT2D eigenvalue weighted by Crippen LogP contribution is 2.47. The van der Waals surface area contributed by atoms with Crippen LogP contribution in [-0.4, -0.2) is 27.4 Å². The average molecular weight is 466 g/mol. The van der Waals surface area contributed by atoms with Gasteiger partial charge in [-0.25, -0.2) is 9.78 Å². The van der Waals surface area contributed by atoms with E-state index in [-0.39, 0.29) is 24.5 Å². The van der Waals surface area contributed by atoms with Crippen LogP contribution in [0.5, 0.6) is 11.5 Å². The summed E-state index contributed by atoms with van der Waals surface area (Å²) in [6, 6.07) is 3.50. The molecule has 34 heavy (non-hydrogen) atoms. The summed E-state index contributed by atoms with van der Waals surface area (Å²) in [6.07, 6.45) is 1.23. The number of aromatic nitrogens is 2. The van der Waals surface area contributed by atoms with Crippen LogP contribution in [0.4, 0.5) is 5.69 Å². The number of carbonyl (C=O) groups is 1. The lowest BCUT2D eigenvalue weighted by Crippen LogP contribution is -2.32. The van der Waals surface area contributed by atoms with Crippen molar-refractivity contribution in [3.8, 4) is 22.9 Å². The first-order valence-electron chi connectivity index (χ1n) is 11.6. The standard InChI is InChI=1S/C23H21N3O6.C2H6/c1-2-3-4-10-12-7-26-15(5-11-13(22(26)28)8-30-23(29)20(11)27)19(12)25-14-6-16-21(32-9-31-16)18(24)17(10)14;1-2/h5-6,20,27H,2-4,7-9,24H2,1H3;1-2H3. The summed E-state index contributed by atoms with van der Waals surface area (Å²) in [5.41, 5.74) is 11.2. The molecule has 178 valence electrons. The fourth-order valence-corrected chi connectivity index (χ4v) is 4.91. The summed E-state index contributed by atoms with van der Waals surface area (Å²) in [6.45, 7) is 6.43. The molecule has 0 amide bonds. The number of carbonyl (C=O) groups excluding carboxylic acids is 1. The molecule has 0 saturated carbocycles. The van der Waals surface area contributed by atoms with Gasteiger partial charge in [0.1, 0.15) is 6.61 Å². The number of aliphatic hydroxyl groups excluding tert-OH is 1. The number of nitrogen functional groups attached to an aromatic ring is 1. The quantitative estimate of drug-likeness (QED) is 0.349. The molecule has 6 rings (SSSR count).